The van der Waals surface area contributed by atoms with Gasteiger partial charge in [-0.1, -0.05) is 18.6 Å². The predicted molar refractivity (Wildman–Crippen MR) is 65.2 cm³/mol. The number of benzene rings is 1. The number of nitrogens with zero attached hydrogens (tertiary/aromatic N) is 1. The van der Waals surface area contributed by atoms with Crippen LogP contribution in [0.1, 0.15) is 24.8 Å². The Morgan fingerprint density at radius 1 is 1.38 bits per heavy atom. The molecule has 0 unspecified atom stereocenters. The van der Waals surface area contributed by atoms with E-state index in [0.29, 0.717) is 11.9 Å². The van der Waals surface area contributed by atoms with E-state index in [1.807, 2.05) is 6.07 Å². The first-order chi connectivity index (χ1) is 7.79. The first kappa shape index (κ1) is 11.9. The van der Waals surface area contributed by atoms with E-state index in [1.54, 1.807) is 12.1 Å². The van der Waals surface area contributed by atoms with Gasteiger partial charge < -0.3 is 0 Å². The maximum atomic E-state index is 13.1. The van der Waals surface area contributed by atoms with Crippen LogP contribution < -0.4 is 0 Å². The van der Waals surface area contributed by atoms with E-state index in [4.69, 9.17) is 11.6 Å². The summed E-state index contributed by atoms with van der Waals surface area (Å²) in [6.45, 7) is 1.71. The quantitative estimate of drug-likeness (QED) is 0.714. The summed E-state index contributed by atoms with van der Waals surface area (Å²) < 4.78 is 13.1. The third kappa shape index (κ3) is 2.96. The molecule has 1 saturated carbocycles. The number of hydrogen-bond donors (Lipinski definition) is 0. The van der Waals surface area contributed by atoms with Crippen molar-refractivity contribution in [1.29, 1.82) is 0 Å². The summed E-state index contributed by atoms with van der Waals surface area (Å²) in [5.74, 6) is 0.489. The van der Waals surface area contributed by atoms with Gasteiger partial charge in [-0.3, -0.25) is 4.90 Å². The minimum absolute atomic E-state index is 0.156. The summed E-state index contributed by atoms with van der Waals surface area (Å²) in [5, 5.41) is 0. The highest BCUT2D eigenvalue weighted by Gasteiger charge is 2.24. The van der Waals surface area contributed by atoms with Crippen LogP contribution in [0, 0.1) is 5.82 Å². The zero-order chi connectivity index (χ0) is 11.4. The first-order valence-corrected chi connectivity index (χ1v) is 6.37. The van der Waals surface area contributed by atoms with Gasteiger partial charge in [0, 0.05) is 25.0 Å². The molecule has 0 spiro atoms. The lowest BCUT2D eigenvalue weighted by molar-refractivity contribution is 0.127. The van der Waals surface area contributed by atoms with Crippen LogP contribution in [0.15, 0.2) is 24.3 Å². The first-order valence-electron chi connectivity index (χ1n) is 5.84. The molecule has 3 heteroatoms. The van der Waals surface area contributed by atoms with E-state index in [0.717, 1.165) is 18.7 Å². The number of alkyl halides is 1. The van der Waals surface area contributed by atoms with Crippen molar-refractivity contribution in [3.63, 3.8) is 0 Å². The highest BCUT2D eigenvalue weighted by Crippen LogP contribution is 2.26. The van der Waals surface area contributed by atoms with Gasteiger partial charge in [0.15, 0.2) is 0 Å². The Hall–Kier alpha value is -0.600. The lowest BCUT2D eigenvalue weighted by atomic mass is 9.91. The Bertz CT molecular complexity index is 338. The molecule has 16 heavy (non-hydrogen) atoms. The predicted octanol–water partition coefficient (Wildman–Crippen LogP) is 3.42. The van der Waals surface area contributed by atoms with Gasteiger partial charge in [0.1, 0.15) is 5.82 Å². The Kier molecular flexibility index (Phi) is 4.19. The lowest BCUT2D eigenvalue weighted by Gasteiger charge is -2.37. The molecule has 0 amide bonds. The highest BCUT2D eigenvalue weighted by molar-refractivity contribution is 6.18. The van der Waals surface area contributed by atoms with Crippen LogP contribution in [0.25, 0.3) is 0 Å². The minimum atomic E-state index is -0.156. The van der Waals surface area contributed by atoms with Gasteiger partial charge in [-0.2, -0.15) is 0 Å². The fourth-order valence-corrected chi connectivity index (χ4v) is 2.34. The summed E-state index contributed by atoms with van der Waals surface area (Å²) in [6.07, 6.45) is 3.82. The normalized spacial score (nSPS) is 16.4. The topological polar surface area (TPSA) is 3.24 Å². The molecule has 1 fully saturated rings. The maximum absolute atomic E-state index is 13.1. The highest BCUT2D eigenvalue weighted by atomic mass is 35.5. The van der Waals surface area contributed by atoms with E-state index in [1.165, 1.54) is 25.3 Å². The average Bonchev–Trinajstić information content (AvgIpc) is 2.15. The largest absolute Gasteiger partial charge is 0.295 e. The molecule has 1 aromatic rings. The lowest BCUT2D eigenvalue weighted by Crippen LogP contribution is -2.40. The minimum Gasteiger partial charge on any atom is -0.295 e. The van der Waals surface area contributed by atoms with E-state index >= 15 is 0 Å². The third-order valence-electron chi connectivity index (χ3n) is 3.24. The number of halogens is 2. The molecule has 1 aliphatic rings. The van der Waals surface area contributed by atoms with Crippen LogP contribution in [0.4, 0.5) is 4.39 Å². The summed E-state index contributed by atoms with van der Waals surface area (Å²) in [6, 6.07) is 7.49. The molecule has 1 aromatic carbocycles. The van der Waals surface area contributed by atoms with Crippen LogP contribution in [0.3, 0.4) is 0 Å². The standard InChI is InChI=1S/C13H17ClFN/c14-7-8-16(13-5-2-6-13)10-11-3-1-4-12(15)9-11/h1,3-4,9,13H,2,5-8,10H2. The molecule has 1 aliphatic carbocycles. The van der Waals surface area contributed by atoms with E-state index in [9.17, 15) is 4.39 Å². The summed E-state index contributed by atoms with van der Waals surface area (Å²) in [4.78, 5) is 2.37. The molecule has 0 N–H and O–H groups in total. The van der Waals surface area contributed by atoms with Crippen molar-refractivity contribution in [2.45, 2.75) is 31.8 Å². The molecular formula is C13H17ClFN. The Balaban J connectivity index is 1.98. The van der Waals surface area contributed by atoms with Crippen molar-refractivity contribution in [2.24, 2.45) is 0 Å². The van der Waals surface area contributed by atoms with Crippen molar-refractivity contribution < 1.29 is 4.39 Å². The van der Waals surface area contributed by atoms with Gasteiger partial charge in [-0.15, -0.1) is 11.6 Å². The number of hydrogen-bond acceptors (Lipinski definition) is 1. The molecule has 0 heterocycles. The van der Waals surface area contributed by atoms with Crippen LogP contribution >= 0.6 is 11.6 Å². The summed E-state index contributed by atoms with van der Waals surface area (Å²) >= 11 is 5.80. The van der Waals surface area contributed by atoms with E-state index < -0.39 is 0 Å². The molecule has 1 nitrogen and oxygen atoms in total. The molecule has 2 rings (SSSR count). The molecule has 0 atom stereocenters. The molecule has 0 aromatic heterocycles. The average molecular weight is 242 g/mol. The van der Waals surface area contributed by atoms with E-state index in [-0.39, 0.29) is 5.82 Å². The fourth-order valence-electron chi connectivity index (χ4n) is 2.12. The van der Waals surface area contributed by atoms with Crippen molar-refractivity contribution in [1.82, 2.24) is 4.90 Å². The molecular weight excluding hydrogens is 225 g/mol. The second-order valence-electron chi connectivity index (χ2n) is 4.37. The van der Waals surface area contributed by atoms with Crippen molar-refractivity contribution in [3.05, 3.63) is 35.6 Å². The van der Waals surface area contributed by atoms with Crippen LogP contribution in [0.5, 0.6) is 0 Å². The van der Waals surface area contributed by atoms with Gasteiger partial charge in [0.2, 0.25) is 0 Å². The van der Waals surface area contributed by atoms with Crippen molar-refractivity contribution >= 4 is 11.6 Å². The Morgan fingerprint density at radius 2 is 2.19 bits per heavy atom. The van der Waals surface area contributed by atoms with Crippen LogP contribution in [-0.2, 0) is 6.54 Å². The van der Waals surface area contributed by atoms with Gasteiger partial charge in [-0.25, -0.2) is 4.39 Å². The molecule has 0 saturated heterocycles. The monoisotopic (exact) mass is 241 g/mol. The zero-order valence-corrected chi connectivity index (χ0v) is 10.1. The SMILES string of the molecule is Fc1cccc(CN(CCCl)C2CCC2)c1. The Morgan fingerprint density at radius 3 is 2.75 bits per heavy atom. The van der Waals surface area contributed by atoms with Crippen molar-refractivity contribution in [2.75, 3.05) is 12.4 Å². The van der Waals surface area contributed by atoms with Gasteiger partial charge >= 0.3 is 0 Å². The van der Waals surface area contributed by atoms with Crippen molar-refractivity contribution in [3.8, 4) is 0 Å². The second-order valence-corrected chi connectivity index (χ2v) is 4.75. The third-order valence-corrected chi connectivity index (χ3v) is 3.41. The summed E-state index contributed by atoms with van der Waals surface area (Å²) in [5.41, 5.74) is 1.04. The van der Waals surface area contributed by atoms with Crippen LogP contribution in [-0.4, -0.2) is 23.4 Å². The molecule has 0 aliphatic heterocycles. The molecule has 0 bridgehead atoms. The Labute approximate surface area is 101 Å². The fraction of sp³-hybridized carbons (Fsp3) is 0.538. The molecule has 0 radical (unpaired) electrons. The smallest absolute Gasteiger partial charge is 0.123 e. The molecule has 88 valence electrons. The van der Waals surface area contributed by atoms with Gasteiger partial charge in [0.05, 0.1) is 0 Å². The van der Waals surface area contributed by atoms with Gasteiger partial charge in [-0.05, 0) is 30.5 Å². The summed E-state index contributed by atoms with van der Waals surface area (Å²) in [7, 11) is 0. The van der Waals surface area contributed by atoms with E-state index in [2.05, 4.69) is 4.90 Å². The maximum Gasteiger partial charge on any atom is 0.123 e. The number of rotatable bonds is 5. The zero-order valence-electron chi connectivity index (χ0n) is 9.33. The van der Waals surface area contributed by atoms with Gasteiger partial charge in [0.25, 0.3) is 0 Å². The van der Waals surface area contributed by atoms with Crippen LogP contribution in [0.2, 0.25) is 0 Å². The second kappa shape index (κ2) is 5.65.